The molecule has 0 saturated carbocycles. The highest BCUT2D eigenvalue weighted by atomic mass is 16.2. The Balaban J connectivity index is 2.40. The zero-order chi connectivity index (χ0) is 12.6. The van der Waals surface area contributed by atoms with Crippen molar-refractivity contribution in [3.05, 3.63) is 11.6 Å². The largest absolute Gasteiger partial charge is 0.330 e. The highest BCUT2D eigenvalue weighted by Crippen LogP contribution is 2.37. The summed E-state index contributed by atoms with van der Waals surface area (Å²) in [5.41, 5.74) is -0.367. The van der Waals surface area contributed by atoms with E-state index in [2.05, 4.69) is 5.32 Å². The van der Waals surface area contributed by atoms with Crippen molar-refractivity contribution in [2.24, 2.45) is 5.41 Å². The van der Waals surface area contributed by atoms with Gasteiger partial charge in [-0.3, -0.25) is 19.8 Å². The van der Waals surface area contributed by atoms with Gasteiger partial charge in [-0.05, 0) is 38.2 Å². The molecule has 4 amide bonds. The van der Waals surface area contributed by atoms with Crippen LogP contribution in [0.15, 0.2) is 11.6 Å². The van der Waals surface area contributed by atoms with Crippen molar-refractivity contribution in [2.75, 3.05) is 7.05 Å². The Morgan fingerprint density at radius 3 is 2.59 bits per heavy atom. The average Bonchev–Trinajstić information content (AvgIpc) is 2.35. The molecule has 2 aliphatic rings. The fraction of sp³-hybridized carbons (Fsp3) is 0.583. The van der Waals surface area contributed by atoms with E-state index in [0.717, 1.165) is 36.2 Å². The topological polar surface area (TPSA) is 66.5 Å². The zero-order valence-electron chi connectivity index (χ0n) is 10.1. The first-order valence-electron chi connectivity index (χ1n) is 5.81. The second kappa shape index (κ2) is 3.98. The van der Waals surface area contributed by atoms with E-state index in [1.54, 1.807) is 6.92 Å². The van der Waals surface area contributed by atoms with Gasteiger partial charge in [0.15, 0.2) is 0 Å². The average molecular weight is 238 g/mol. The molecule has 0 spiro atoms. The first-order chi connectivity index (χ1) is 7.98. The second-order valence-electron chi connectivity index (χ2n) is 4.72. The van der Waals surface area contributed by atoms with Crippen LogP contribution in [0, 0.1) is 5.41 Å². The third-order valence-electron chi connectivity index (χ3n) is 3.64. The predicted octanol–water partition coefficient (Wildman–Crippen LogP) is 1.20. The molecule has 1 N–H and O–H groups in total. The molecule has 0 bridgehead atoms. The van der Waals surface area contributed by atoms with Crippen LogP contribution in [0.5, 0.6) is 0 Å². The molecule has 92 valence electrons. The third-order valence-corrected chi connectivity index (χ3v) is 3.64. The number of hydrogen-bond donors (Lipinski definition) is 1. The fourth-order valence-corrected chi connectivity index (χ4v) is 2.41. The maximum atomic E-state index is 12.2. The van der Waals surface area contributed by atoms with Crippen molar-refractivity contribution in [3.8, 4) is 0 Å². The summed E-state index contributed by atoms with van der Waals surface area (Å²) in [6.07, 6.45) is 5.68. The Labute approximate surface area is 99.8 Å². The van der Waals surface area contributed by atoms with Crippen LogP contribution >= 0.6 is 0 Å². The van der Waals surface area contributed by atoms with Crippen molar-refractivity contribution in [2.45, 2.75) is 32.6 Å². The van der Waals surface area contributed by atoms with E-state index in [1.165, 1.54) is 7.05 Å². The van der Waals surface area contributed by atoms with E-state index >= 15 is 0 Å². The number of rotatable bonds is 1. The van der Waals surface area contributed by atoms with E-state index in [0.29, 0.717) is 0 Å². The van der Waals surface area contributed by atoms with Crippen LogP contribution in [-0.2, 0) is 9.59 Å². The maximum absolute atomic E-state index is 12.2. The Morgan fingerprint density at radius 1 is 1.29 bits per heavy atom. The quantitative estimate of drug-likeness (QED) is 0.551. The second-order valence-corrected chi connectivity index (χ2v) is 4.72. The lowest BCUT2D eigenvalue weighted by molar-refractivity contribution is -0.146. The molecule has 2 rings (SSSR count). The first kappa shape index (κ1) is 11.8. The lowest BCUT2D eigenvalue weighted by Gasteiger charge is -2.37. The van der Waals surface area contributed by atoms with Crippen LogP contribution in [0.1, 0.15) is 32.6 Å². The summed E-state index contributed by atoms with van der Waals surface area (Å²) in [6, 6.07) is -0.645. The van der Waals surface area contributed by atoms with Crippen LogP contribution in [0.3, 0.4) is 0 Å². The van der Waals surface area contributed by atoms with Gasteiger partial charge in [-0.2, -0.15) is 0 Å². The number of hydrogen-bond acceptors (Lipinski definition) is 3. The summed E-state index contributed by atoms with van der Waals surface area (Å²) < 4.78 is 0. The van der Waals surface area contributed by atoms with Crippen LogP contribution in [0.4, 0.5) is 4.79 Å². The number of nitrogens with zero attached hydrogens (tertiary/aromatic N) is 1. The zero-order valence-corrected chi connectivity index (χ0v) is 10.1. The van der Waals surface area contributed by atoms with Gasteiger partial charge in [-0.1, -0.05) is 6.08 Å². The fourth-order valence-electron chi connectivity index (χ4n) is 2.41. The minimum absolute atomic E-state index is 0.431. The Hall–Kier alpha value is -1.65. The van der Waals surface area contributed by atoms with Crippen LogP contribution in [0.2, 0.25) is 0 Å². The van der Waals surface area contributed by atoms with Crippen molar-refractivity contribution in [1.82, 2.24) is 10.2 Å². The number of amides is 4. The third kappa shape index (κ3) is 1.66. The van der Waals surface area contributed by atoms with E-state index in [-0.39, 0.29) is 0 Å². The molecular formula is C12H16N2O3. The normalized spacial score (nSPS) is 30.1. The van der Waals surface area contributed by atoms with Gasteiger partial charge in [0.1, 0.15) is 5.41 Å². The molecule has 1 heterocycles. The van der Waals surface area contributed by atoms with Crippen LogP contribution < -0.4 is 5.32 Å². The molecule has 17 heavy (non-hydrogen) atoms. The van der Waals surface area contributed by atoms with E-state index in [1.807, 2.05) is 6.08 Å². The molecule has 1 atom stereocenters. The number of imide groups is 2. The Morgan fingerprint density at radius 2 is 2.00 bits per heavy atom. The van der Waals surface area contributed by atoms with Gasteiger partial charge < -0.3 is 0 Å². The number of barbiturate groups is 1. The SMILES string of the molecule is CN1C(=O)NC(=O)C(C)(C2=[14CH]CCCC2)C1=O. The molecule has 1 fully saturated rings. The summed E-state index contributed by atoms with van der Waals surface area (Å²) in [5.74, 6) is -0.932. The smallest absolute Gasteiger partial charge is 0.276 e. The summed E-state index contributed by atoms with van der Waals surface area (Å²) in [5, 5.41) is 2.23. The number of urea groups is 1. The van der Waals surface area contributed by atoms with Gasteiger partial charge in [0.05, 0.1) is 0 Å². The summed E-state index contributed by atoms with van der Waals surface area (Å²) in [4.78, 5) is 36.5. The molecule has 1 aliphatic heterocycles. The summed E-state index contributed by atoms with van der Waals surface area (Å²) in [7, 11) is 1.39. The standard InChI is InChI=1S/C12H16N2O3/c1-12(8-6-4-3-5-7-8)9(15)13-11(17)14(2)10(12)16/h6H,3-5,7H2,1-2H3,(H,13,15,17)/i6+2. The molecule has 5 nitrogen and oxygen atoms in total. The summed E-state index contributed by atoms with van der Waals surface area (Å²) in [6.45, 7) is 1.60. The minimum atomic E-state index is -1.21. The van der Waals surface area contributed by atoms with Crippen molar-refractivity contribution in [3.63, 3.8) is 0 Å². The van der Waals surface area contributed by atoms with Crippen molar-refractivity contribution in [1.29, 1.82) is 0 Å². The summed E-state index contributed by atoms with van der Waals surface area (Å²) >= 11 is 0. The van der Waals surface area contributed by atoms with Crippen molar-refractivity contribution >= 4 is 17.8 Å². The number of allylic oxidation sites excluding steroid dienone is 1. The monoisotopic (exact) mass is 238 g/mol. The van der Waals surface area contributed by atoms with E-state index in [4.69, 9.17) is 0 Å². The number of nitrogens with one attached hydrogen (secondary N) is 1. The van der Waals surface area contributed by atoms with Crippen LogP contribution in [-0.4, -0.2) is 29.8 Å². The molecule has 1 saturated heterocycles. The van der Waals surface area contributed by atoms with Gasteiger partial charge in [0.25, 0.3) is 0 Å². The Kier molecular flexibility index (Phi) is 2.77. The first-order valence-corrected chi connectivity index (χ1v) is 5.81. The molecule has 0 aromatic rings. The van der Waals surface area contributed by atoms with Gasteiger partial charge in [-0.15, -0.1) is 0 Å². The van der Waals surface area contributed by atoms with E-state index in [9.17, 15) is 14.4 Å². The number of carbonyl (C=O) groups is 3. The van der Waals surface area contributed by atoms with Gasteiger partial charge >= 0.3 is 6.03 Å². The van der Waals surface area contributed by atoms with Crippen molar-refractivity contribution < 1.29 is 14.4 Å². The highest BCUT2D eigenvalue weighted by molar-refractivity contribution is 6.20. The van der Waals surface area contributed by atoms with Gasteiger partial charge in [0, 0.05) is 7.05 Å². The number of carbonyl (C=O) groups excluding carboxylic acids is 3. The lowest BCUT2D eigenvalue weighted by Crippen LogP contribution is -2.62. The molecule has 5 heteroatoms. The molecular weight excluding hydrogens is 222 g/mol. The van der Waals surface area contributed by atoms with Crippen LogP contribution in [0.25, 0.3) is 0 Å². The predicted molar refractivity (Wildman–Crippen MR) is 61.0 cm³/mol. The molecule has 1 unspecified atom stereocenters. The Bertz CT molecular complexity index is 427. The van der Waals surface area contributed by atoms with Gasteiger partial charge in [-0.25, -0.2) is 4.79 Å². The lowest BCUT2D eigenvalue weighted by atomic mass is 9.78. The maximum Gasteiger partial charge on any atom is 0.330 e. The molecule has 1 aliphatic carbocycles. The molecule has 0 aromatic heterocycles. The minimum Gasteiger partial charge on any atom is -0.276 e. The molecule has 0 aromatic carbocycles. The highest BCUT2D eigenvalue weighted by Gasteiger charge is 2.51. The molecule has 0 radical (unpaired) electrons. The van der Waals surface area contributed by atoms with Gasteiger partial charge in [0.2, 0.25) is 11.8 Å². The van der Waals surface area contributed by atoms with E-state index < -0.39 is 23.3 Å².